The van der Waals surface area contributed by atoms with Gasteiger partial charge >= 0.3 is 0 Å². The van der Waals surface area contributed by atoms with E-state index in [1.807, 2.05) is 12.3 Å². The molecule has 0 aromatic heterocycles. The van der Waals surface area contributed by atoms with E-state index < -0.39 is 0 Å². The van der Waals surface area contributed by atoms with Crippen molar-refractivity contribution in [3.63, 3.8) is 0 Å². The maximum Gasteiger partial charge on any atom is 0.0508 e. The normalized spacial score (nSPS) is 12.8. The molecule has 152 valence electrons. The first kappa shape index (κ1) is 23.5. The summed E-state index contributed by atoms with van der Waals surface area (Å²) in [7, 11) is 0. The molecule has 28 heavy (non-hydrogen) atoms. The minimum absolute atomic E-state index is 0.820. The van der Waals surface area contributed by atoms with Crippen molar-refractivity contribution in [3.8, 4) is 0 Å². The zero-order valence-corrected chi connectivity index (χ0v) is 18.5. The average Bonchev–Trinajstić information content (AvgIpc) is 2.63. The van der Waals surface area contributed by atoms with E-state index in [1.54, 1.807) is 0 Å². The second kappa shape index (κ2) is 12.8. The van der Waals surface area contributed by atoms with Crippen LogP contribution in [0.25, 0.3) is 0 Å². The third-order valence-electron chi connectivity index (χ3n) is 4.39. The number of benzene rings is 1. The molecule has 0 radical (unpaired) electrons. The van der Waals surface area contributed by atoms with Crippen LogP contribution in [0.4, 0.5) is 5.69 Å². The molecule has 0 fully saturated rings. The standard InChI is InChI=1S/C25H37N3/c1-8-12-26-13-10-11-21(4)19-28(15-14-27-18-20(3)9-2)25-23(6)16-22(5)17-24(25)7/h8-11,14-17,19,26-27H,1,12-13,18H2,2-7H3/b11-10+,15-14-,20-9-,21-19+. The third kappa shape index (κ3) is 8.45. The number of rotatable bonds is 11. The molecule has 2 N–H and O–H groups in total. The number of anilines is 1. The highest BCUT2D eigenvalue weighted by molar-refractivity contribution is 5.64. The Balaban J connectivity index is 3.06. The summed E-state index contributed by atoms with van der Waals surface area (Å²) in [6, 6.07) is 4.47. The van der Waals surface area contributed by atoms with Crippen molar-refractivity contribution in [2.75, 3.05) is 24.5 Å². The zero-order chi connectivity index (χ0) is 20.9. The van der Waals surface area contributed by atoms with Crippen LogP contribution in [0, 0.1) is 20.8 Å². The van der Waals surface area contributed by atoms with Crippen LogP contribution in [0.5, 0.6) is 0 Å². The molecule has 1 aromatic rings. The topological polar surface area (TPSA) is 27.3 Å². The Morgan fingerprint density at radius 3 is 2.39 bits per heavy atom. The molecule has 0 heterocycles. The summed E-state index contributed by atoms with van der Waals surface area (Å²) in [5, 5.41) is 6.65. The fraction of sp³-hybridized carbons (Fsp3) is 0.360. The molecule has 1 rings (SSSR count). The summed E-state index contributed by atoms with van der Waals surface area (Å²) in [5.74, 6) is 0. The second-order valence-electron chi connectivity index (χ2n) is 7.21. The summed E-state index contributed by atoms with van der Waals surface area (Å²) in [4.78, 5) is 2.21. The van der Waals surface area contributed by atoms with Gasteiger partial charge in [-0.25, -0.2) is 0 Å². The molecular weight excluding hydrogens is 342 g/mol. The van der Waals surface area contributed by atoms with Gasteiger partial charge in [0, 0.05) is 38.2 Å². The van der Waals surface area contributed by atoms with Gasteiger partial charge in [0.1, 0.15) is 0 Å². The molecule has 0 bridgehead atoms. The van der Waals surface area contributed by atoms with Crippen LogP contribution in [0.3, 0.4) is 0 Å². The summed E-state index contributed by atoms with van der Waals surface area (Å²) in [6.07, 6.45) is 14.6. The summed E-state index contributed by atoms with van der Waals surface area (Å²) >= 11 is 0. The monoisotopic (exact) mass is 379 g/mol. The Bertz CT molecular complexity index is 728. The van der Waals surface area contributed by atoms with Crippen molar-refractivity contribution in [2.45, 2.75) is 41.5 Å². The van der Waals surface area contributed by atoms with Gasteiger partial charge in [0.25, 0.3) is 0 Å². The lowest BCUT2D eigenvalue weighted by molar-refractivity contribution is 0.843. The van der Waals surface area contributed by atoms with Gasteiger partial charge in [0.05, 0.1) is 5.69 Å². The van der Waals surface area contributed by atoms with E-state index in [-0.39, 0.29) is 0 Å². The van der Waals surface area contributed by atoms with Crippen LogP contribution in [0.15, 0.2) is 72.8 Å². The van der Waals surface area contributed by atoms with E-state index in [9.17, 15) is 0 Å². The smallest absolute Gasteiger partial charge is 0.0508 e. The molecule has 0 amide bonds. The van der Waals surface area contributed by atoms with E-state index >= 15 is 0 Å². The Morgan fingerprint density at radius 1 is 1.11 bits per heavy atom. The second-order valence-corrected chi connectivity index (χ2v) is 7.21. The summed E-state index contributed by atoms with van der Waals surface area (Å²) in [5.41, 5.74) is 7.57. The molecule has 1 aromatic carbocycles. The van der Waals surface area contributed by atoms with Gasteiger partial charge in [-0.3, -0.25) is 0 Å². The van der Waals surface area contributed by atoms with E-state index in [2.05, 4.69) is 106 Å². The SMILES string of the molecule is C=CCNC/C=C/C(C)=C/N(/C=C\NC/C(C)=C\C)c1c(C)cc(C)cc1C. The number of nitrogens with zero attached hydrogens (tertiary/aromatic N) is 1. The van der Waals surface area contributed by atoms with Crippen molar-refractivity contribution < 1.29 is 0 Å². The maximum absolute atomic E-state index is 3.72. The minimum Gasteiger partial charge on any atom is -0.386 e. The molecular formula is C25H37N3. The van der Waals surface area contributed by atoms with Gasteiger partial charge in [0.15, 0.2) is 0 Å². The van der Waals surface area contributed by atoms with Crippen LogP contribution < -0.4 is 15.5 Å². The molecule has 0 saturated heterocycles. The lowest BCUT2D eigenvalue weighted by atomic mass is 10.0. The zero-order valence-electron chi connectivity index (χ0n) is 18.5. The fourth-order valence-electron chi connectivity index (χ4n) is 2.99. The van der Waals surface area contributed by atoms with Crippen molar-refractivity contribution in [1.82, 2.24) is 10.6 Å². The van der Waals surface area contributed by atoms with Gasteiger partial charge in [0.2, 0.25) is 0 Å². The highest BCUT2D eigenvalue weighted by Gasteiger charge is 2.09. The van der Waals surface area contributed by atoms with Crippen molar-refractivity contribution in [1.29, 1.82) is 0 Å². The molecule has 0 unspecified atom stereocenters. The molecule has 3 nitrogen and oxygen atoms in total. The van der Waals surface area contributed by atoms with Crippen LogP contribution >= 0.6 is 0 Å². The lowest BCUT2D eigenvalue weighted by Crippen LogP contribution is -2.15. The molecule has 0 aliphatic carbocycles. The molecule has 3 heteroatoms. The Hall–Kier alpha value is -2.52. The van der Waals surface area contributed by atoms with Crippen LogP contribution in [-0.4, -0.2) is 19.6 Å². The number of hydrogen-bond acceptors (Lipinski definition) is 3. The Kier molecular flexibility index (Phi) is 10.7. The average molecular weight is 380 g/mol. The third-order valence-corrected chi connectivity index (χ3v) is 4.39. The first-order valence-electron chi connectivity index (χ1n) is 9.93. The summed E-state index contributed by atoms with van der Waals surface area (Å²) in [6.45, 7) is 19.0. The molecule has 0 atom stereocenters. The van der Waals surface area contributed by atoms with Crippen LogP contribution in [-0.2, 0) is 0 Å². The number of aryl methyl sites for hydroxylation is 3. The van der Waals surface area contributed by atoms with Gasteiger partial charge in [-0.2, -0.15) is 0 Å². The Labute approximate surface area is 172 Å². The molecule has 0 aliphatic rings. The fourth-order valence-corrected chi connectivity index (χ4v) is 2.99. The van der Waals surface area contributed by atoms with Gasteiger partial charge in [-0.15, -0.1) is 6.58 Å². The quantitative estimate of drug-likeness (QED) is 0.294. The number of allylic oxidation sites excluding steroid dienone is 3. The molecule has 0 saturated carbocycles. The van der Waals surface area contributed by atoms with E-state index in [0.29, 0.717) is 0 Å². The first-order chi connectivity index (χ1) is 13.4. The highest BCUT2D eigenvalue weighted by Crippen LogP contribution is 2.27. The highest BCUT2D eigenvalue weighted by atomic mass is 15.1. The minimum atomic E-state index is 0.820. The number of nitrogens with one attached hydrogen (secondary N) is 2. The van der Waals surface area contributed by atoms with E-state index in [1.165, 1.54) is 33.5 Å². The molecule has 0 spiro atoms. The van der Waals surface area contributed by atoms with Crippen molar-refractivity contribution >= 4 is 5.69 Å². The molecule has 0 aliphatic heterocycles. The predicted molar refractivity (Wildman–Crippen MR) is 126 cm³/mol. The lowest BCUT2D eigenvalue weighted by Gasteiger charge is -2.22. The van der Waals surface area contributed by atoms with Crippen LogP contribution in [0.1, 0.15) is 37.5 Å². The largest absolute Gasteiger partial charge is 0.386 e. The van der Waals surface area contributed by atoms with E-state index in [0.717, 1.165) is 19.6 Å². The van der Waals surface area contributed by atoms with Gasteiger partial charge < -0.3 is 15.5 Å². The summed E-state index contributed by atoms with van der Waals surface area (Å²) < 4.78 is 0. The number of hydrogen-bond donors (Lipinski definition) is 2. The predicted octanol–water partition coefficient (Wildman–Crippen LogP) is 5.68. The Morgan fingerprint density at radius 2 is 1.79 bits per heavy atom. The van der Waals surface area contributed by atoms with Crippen molar-refractivity contribution in [2.24, 2.45) is 0 Å². The van der Waals surface area contributed by atoms with Crippen molar-refractivity contribution in [3.05, 3.63) is 89.5 Å². The van der Waals surface area contributed by atoms with Crippen LogP contribution in [0.2, 0.25) is 0 Å². The first-order valence-corrected chi connectivity index (χ1v) is 9.93. The van der Waals surface area contributed by atoms with Gasteiger partial charge in [-0.1, -0.05) is 47.6 Å². The van der Waals surface area contributed by atoms with Gasteiger partial charge in [-0.05, 0) is 58.2 Å². The van der Waals surface area contributed by atoms with E-state index in [4.69, 9.17) is 0 Å². The maximum atomic E-state index is 3.72.